The molecule has 0 saturated heterocycles. The Morgan fingerprint density at radius 3 is 1.26 bits per heavy atom. The summed E-state index contributed by atoms with van der Waals surface area (Å²) in [6.45, 7) is 11.8. The van der Waals surface area contributed by atoms with Gasteiger partial charge in [-0.1, -0.05) is 26.3 Å². The molecule has 1 amide bonds. The number of nitrogens with one attached hydrogen (secondary N) is 2. The fraction of sp³-hybridized carbons (Fsp3) is 0.350. The summed E-state index contributed by atoms with van der Waals surface area (Å²) in [5.74, 6) is -3.40. The molecule has 0 aromatic carbocycles. The molecule has 0 atom stereocenters. The van der Waals surface area contributed by atoms with Crippen LogP contribution in [0.2, 0.25) is 0 Å². The standard InChI is InChI=1S/C20H26N2O9/c1-5-17(24)28-10-14(11-29-18(25)6-2)21-9-16(23)22-15(12-30-19(26)7-3)13-31-20(27)8-4/h5-8,14-15,21H,1-4,9-13H2,(H,22,23). The predicted molar refractivity (Wildman–Crippen MR) is 108 cm³/mol. The van der Waals surface area contributed by atoms with Gasteiger partial charge >= 0.3 is 23.9 Å². The van der Waals surface area contributed by atoms with E-state index in [2.05, 4.69) is 36.9 Å². The Hall–Kier alpha value is -3.73. The molecule has 0 aliphatic heterocycles. The average molecular weight is 438 g/mol. The number of carbonyl (C=O) groups is 5. The zero-order chi connectivity index (χ0) is 23.6. The third kappa shape index (κ3) is 14.0. The molecule has 11 nitrogen and oxygen atoms in total. The van der Waals surface area contributed by atoms with Gasteiger partial charge in [-0.15, -0.1) is 0 Å². The first-order valence-electron chi connectivity index (χ1n) is 8.95. The molecule has 31 heavy (non-hydrogen) atoms. The summed E-state index contributed by atoms with van der Waals surface area (Å²) < 4.78 is 19.5. The molecule has 0 fully saturated rings. The Bertz CT molecular complexity index is 655. The van der Waals surface area contributed by atoms with Gasteiger partial charge in [-0.3, -0.25) is 10.1 Å². The van der Waals surface area contributed by atoms with E-state index < -0.39 is 41.9 Å². The van der Waals surface area contributed by atoms with Crippen LogP contribution >= 0.6 is 0 Å². The van der Waals surface area contributed by atoms with E-state index in [-0.39, 0.29) is 33.0 Å². The number of rotatable bonds is 16. The maximum Gasteiger partial charge on any atom is 0.330 e. The second-order valence-electron chi connectivity index (χ2n) is 5.68. The lowest BCUT2D eigenvalue weighted by Crippen LogP contribution is -2.49. The van der Waals surface area contributed by atoms with Gasteiger partial charge < -0.3 is 24.3 Å². The van der Waals surface area contributed by atoms with Gasteiger partial charge in [-0.25, -0.2) is 19.2 Å². The molecule has 170 valence electrons. The van der Waals surface area contributed by atoms with Gasteiger partial charge in [0.1, 0.15) is 26.4 Å². The zero-order valence-corrected chi connectivity index (χ0v) is 17.0. The smallest absolute Gasteiger partial charge is 0.330 e. The third-order valence-electron chi connectivity index (χ3n) is 3.29. The minimum Gasteiger partial charge on any atom is -0.461 e. The lowest BCUT2D eigenvalue weighted by atomic mass is 10.3. The van der Waals surface area contributed by atoms with E-state index in [9.17, 15) is 24.0 Å². The summed E-state index contributed by atoms with van der Waals surface area (Å²) in [5.41, 5.74) is 0. The lowest BCUT2D eigenvalue weighted by Gasteiger charge is -2.20. The summed E-state index contributed by atoms with van der Waals surface area (Å²) in [4.78, 5) is 57.1. The van der Waals surface area contributed by atoms with E-state index in [1.165, 1.54) is 0 Å². The van der Waals surface area contributed by atoms with Crippen molar-refractivity contribution in [2.75, 3.05) is 33.0 Å². The number of hydrogen-bond donors (Lipinski definition) is 2. The molecular formula is C20H26N2O9. The summed E-state index contributed by atoms with van der Waals surface area (Å²) in [5, 5.41) is 5.26. The van der Waals surface area contributed by atoms with Crippen LogP contribution in [0.15, 0.2) is 50.6 Å². The Morgan fingerprint density at radius 1 is 0.613 bits per heavy atom. The Kier molecular flexibility index (Phi) is 14.2. The number of esters is 4. The van der Waals surface area contributed by atoms with Gasteiger partial charge in [-0.2, -0.15) is 0 Å². The monoisotopic (exact) mass is 438 g/mol. The number of carbonyl (C=O) groups excluding carboxylic acids is 5. The van der Waals surface area contributed by atoms with Crippen LogP contribution in [0.25, 0.3) is 0 Å². The Balaban J connectivity index is 4.82. The van der Waals surface area contributed by atoms with Gasteiger partial charge in [-0.05, 0) is 0 Å². The van der Waals surface area contributed by atoms with Crippen molar-refractivity contribution in [3.05, 3.63) is 50.6 Å². The molecule has 11 heteroatoms. The van der Waals surface area contributed by atoms with Gasteiger partial charge in [0.15, 0.2) is 0 Å². The summed E-state index contributed by atoms with van der Waals surface area (Å²) >= 11 is 0. The van der Waals surface area contributed by atoms with Crippen molar-refractivity contribution in [1.82, 2.24) is 10.6 Å². The highest BCUT2D eigenvalue weighted by atomic mass is 16.6. The SMILES string of the molecule is C=CC(=O)OCC(COC(=O)C=C)NCC(=O)NC(COC(=O)C=C)COC(=O)C=C. The maximum atomic E-state index is 12.2. The zero-order valence-electron chi connectivity index (χ0n) is 17.0. The van der Waals surface area contributed by atoms with Crippen molar-refractivity contribution in [3.8, 4) is 0 Å². The molecule has 0 aromatic heterocycles. The van der Waals surface area contributed by atoms with Crippen LogP contribution in [-0.4, -0.2) is 74.8 Å². The minimum atomic E-state index is -0.849. The van der Waals surface area contributed by atoms with E-state index in [0.29, 0.717) is 0 Å². The van der Waals surface area contributed by atoms with Gasteiger partial charge in [0.2, 0.25) is 5.91 Å². The first-order valence-corrected chi connectivity index (χ1v) is 8.95. The topological polar surface area (TPSA) is 146 Å². The van der Waals surface area contributed by atoms with Gasteiger partial charge in [0.05, 0.1) is 18.6 Å². The molecule has 2 N–H and O–H groups in total. The van der Waals surface area contributed by atoms with Crippen molar-refractivity contribution in [2.45, 2.75) is 12.1 Å². The van der Waals surface area contributed by atoms with E-state index in [1.807, 2.05) is 0 Å². The average Bonchev–Trinajstić information content (AvgIpc) is 2.78. The molecule has 0 spiro atoms. The number of hydrogen-bond acceptors (Lipinski definition) is 10. The fourth-order valence-corrected chi connectivity index (χ4v) is 1.78. The highest BCUT2D eigenvalue weighted by molar-refractivity contribution is 5.83. The van der Waals surface area contributed by atoms with E-state index >= 15 is 0 Å². The van der Waals surface area contributed by atoms with Crippen molar-refractivity contribution in [2.24, 2.45) is 0 Å². The maximum absolute atomic E-state index is 12.2. The molecule has 0 unspecified atom stereocenters. The summed E-state index contributed by atoms with van der Waals surface area (Å²) in [6, 6.07) is -1.56. The van der Waals surface area contributed by atoms with E-state index in [1.54, 1.807) is 0 Å². The van der Waals surface area contributed by atoms with Crippen LogP contribution in [0.4, 0.5) is 0 Å². The molecule has 0 radical (unpaired) electrons. The van der Waals surface area contributed by atoms with Crippen LogP contribution in [0, 0.1) is 0 Å². The van der Waals surface area contributed by atoms with Crippen LogP contribution in [-0.2, 0) is 42.9 Å². The van der Waals surface area contributed by atoms with E-state index in [4.69, 9.17) is 18.9 Å². The lowest BCUT2D eigenvalue weighted by molar-refractivity contribution is -0.144. The van der Waals surface area contributed by atoms with Crippen LogP contribution in [0.3, 0.4) is 0 Å². The largest absolute Gasteiger partial charge is 0.461 e. The van der Waals surface area contributed by atoms with Gasteiger partial charge in [0, 0.05) is 24.3 Å². The first-order chi connectivity index (χ1) is 14.7. The van der Waals surface area contributed by atoms with Crippen LogP contribution in [0.5, 0.6) is 0 Å². The molecule has 0 bridgehead atoms. The molecular weight excluding hydrogens is 412 g/mol. The molecule has 0 aliphatic rings. The molecule has 0 aliphatic carbocycles. The molecule has 0 aromatic rings. The van der Waals surface area contributed by atoms with E-state index in [0.717, 1.165) is 24.3 Å². The normalized spacial score (nSPS) is 9.87. The van der Waals surface area contributed by atoms with Gasteiger partial charge in [0.25, 0.3) is 0 Å². The van der Waals surface area contributed by atoms with Crippen molar-refractivity contribution in [1.29, 1.82) is 0 Å². The number of ether oxygens (including phenoxy) is 4. The van der Waals surface area contributed by atoms with Crippen LogP contribution in [0.1, 0.15) is 0 Å². The molecule has 0 rings (SSSR count). The first kappa shape index (κ1) is 27.3. The number of amides is 1. The highest BCUT2D eigenvalue weighted by Crippen LogP contribution is 1.95. The fourth-order valence-electron chi connectivity index (χ4n) is 1.78. The third-order valence-corrected chi connectivity index (χ3v) is 3.29. The minimum absolute atomic E-state index is 0.208. The molecule has 0 saturated carbocycles. The van der Waals surface area contributed by atoms with Crippen molar-refractivity contribution in [3.63, 3.8) is 0 Å². The Labute approximate surface area is 179 Å². The van der Waals surface area contributed by atoms with Crippen molar-refractivity contribution < 1.29 is 42.9 Å². The quantitative estimate of drug-likeness (QED) is 0.181. The second kappa shape index (κ2) is 16.1. The second-order valence-corrected chi connectivity index (χ2v) is 5.68. The molecule has 0 heterocycles. The predicted octanol–water partition coefficient (Wildman–Crippen LogP) is -0.654. The van der Waals surface area contributed by atoms with Crippen LogP contribution < -0.4 is 10.6 Å². The van der Waals surface area contributed by atoms with Crippen molar-refractivity contribution >= 4 is 29.8 Å². The summed E-state index contributed by atoms with van der Waals surface area (Å²) in [6.07, 6.45) is 3.80. The highest BCUT2D eigenvalue weighted by Gasteiger charge is 2.19. The summed E-state index contributed by atoms with van der Waals surface area (Å²) in [7, 11) is 0. The Morgan fingerprint density at radius 2 is 0.935 bits per heavy atom.